The lowest BCUT2D eigenvalue weighted by molar-refractivity contribution is -0.158. The fourth-order valence-electron chi connectivity index (χ4n) is 1.98. The minimum absolute atomic E-state index is 0.177. The van der Waals surface area contributed by atoms with Crippen LogP contribution in [-0.4, -0.2) is 58.2 Å². The lowest BCUT2D eigenvalue weighted by atomic mass is 10.0. The van der Waals surface area contributed by atoms with Crippen LogP contribution in [0, 0.1) is 0 Å². The number of amides is 2. The van der Waals surface area contributed by atoms with Gasteiger partial charge in [-0.1, -0.05) is 39.0 Å². The molecule has 0 aromatic carbocycles. The lowest BCUT2D eigenvalue weighted by Crippen LogP contribution is -2.53. The maximum Gasteiger partial charge on any atom is 0.249 e. The normalized spacial score (nSPS) is 16.7. The molecule has 4 atom stereocenters. The van der Waals surface area contributed by atoms with E-state index in [4.69, 9.17) is 16.2 Å². The van der Waals surface area contributed by atoms with Crippen molar-refractivity contribution in [1.82, 2.24) is 0 Å². The third-order valence-corrected chi connectivity index (χ3v) is 3.35. The highest BCUT2D eigenvalue weighted by Gasteiger charge is 2.37. The van der Waals surface area contributed by atoms with Gasteiger partial charge in [0.25, 0.3) is 0 Å². The minimum Gasteiger partial charge on any atom is -0.387 e. The van der Waals surface area contributed by atoms with Crippen molar-refractivity contribution in [2.24, 2.45) is 11.5 Å². The van der Waals surface area contributed by atoms with Crippen LogP contribution in [0.25, 0.3) is 0 Å². The summed E-state index contributed by atoms with van der Waals surface area (Å²) in [6.45, 7) is 2.30. The topological polar surface area (TPSA) is 156 Å². The molecule has 22 heavy (non-hydrogen) atoms. The van der Waals surface area contributed by atoms with Gasteiger partial charge < -0.3 is 31.5 Å². The van der Waals surface area contributed by atoms with Crippen molar-refractivity contribution in [3.8, 4) is 0 Å². The van der Waals surface area contributed by atoms with Crippen LogP contribution in [0.15, 0.2) is 0 Å². The maximum atomic E-state index is 11.3. The van der Waals surface area contributed by atoms with E-state index in [1.807, 2.05) is 0 Å². The maximum absolute atomic E-state index is 11.3. The number of ether oxygens (including phenoxy) is 1. The van der Waals surface area contributed by atoms with E-state index in [-0.39, 0.29) is 6.61 Å². The molecule has 7 N–H and O–H groups in total. The van der Waals surface area contributed by atoms with Gasteiger partial charge in [0.2, 0.25) is 11.8 Å². The van der Waals surface area contributed by atoms with Gasteiger partial charge in [-0.25, -0.2) is 0 Å². The molecule has 2 amide bonds. The van der Waals surface area contributed by atoms with Gasteiger partial charge in [0, 0.05) is 6.61 Å². The van der Waals surface area contributed by atoms with Crippen LogP contribution < -0.4 is 11.5 Å². The zero-order valence-electron chi connectivity index (χ0n) is 13.0. The monoisotopic (exact) mass is 320 g/mol. The molecule has 0 heterocycles. The first-order valence-electron chi connectivity index (χ1n) is 7.57. The number of hydrogen-bond donors (Lipinski definition) is 5. The van der Waals surface area contributed by atoms with E-state index >= 15 is 0 Å². The third kappa shape index (κ3) is 7.69. The molecule has 0 aromatic rings. The van der Waals surface area contributed by atoms with Crippen LogP contribution in [0.3, 0.4) is 0 Å². The standard InChI is InChI=1S/C14H28N2O6/c1-2-3-4-5-6-7-8-22-12(14(16)21)10(18)9(17)11(19)13(15)20/h9-12,17-19H,2-8H2,1H3,(H2,15,20)(H2,16,21)/t9-,10-,11-,12+/m0/s1. The second kappa shape index (κ2) is 11.4. The van der Waals surface area contributed by atoms with E-state index in [1.165, 1.54) is 6.42 Å². The number of carbonyl (C=O) groups is 2. The SMILES string of the molecule is CCCCCCCCO[C@@H](C(N)=O)[C@@H](O)[C@H](O)[C@H](O)C(N)=O. The summed E-state index contributed by atoms with van der Waals surface area (Å²) >= 11 is 0. The van der Waals surface area contributed by atoms with E-state index in [9.17, 15) is 24.9 Å². The molecule has 0 saturated carbocycles. The number of hydrogen-bond acceptors (Lipinski definition) is 6. The molecular formula is C14H28N2O6. The largest absolute Gasteiger partial charge is 0.387 e. The third-order valence-electron chi connectivity index (χ3n) is 3.35. The summed E-state index contributed by atoms with van der Waals surface area (Å²) in [6, 6.07) is 0. The fourth-order valence-corrected chi connectivity index (χ4v) is 1.98. The van der Waals surface area contributed by atoms with Crippen LogP contribution in [0.1, 0.15) is 45.4 Å². The molecule has 0 aliphatic carbocycles. The Labute approximate surface area is 130 Å². The van der Waals surface area contributed by atoms with Crippen molar-refractivity contribution in [2.45, 2.75) is 69.9 Å². The Morgan fingerprint density at radius 1 is 0.909 bits per heavy atom. The highest BCUT2D eigenvalue weighted by Crippen LogP contribution is 2.10. The Morgan fingerprint density at radius 2 is 1.45 bits per heavy atom. The number of primary amides is 2. The molecule has 0 spiro atoms. The summed E-state index contributed by atoms with van der Waals surface area (Å²) < 4.78 is 5.18. The van der Waals surface area contributed by atoms with Gasteiger partial charge in [-0.05, 0) is 6.42 Å². The first-order valence-corrected chi connectivity index (χ1v) is 7.57. The fraction of sp³-hybridized carbons (Fsp3) is 0.857. The number of unbranched alkanes of at least 4 members (excludes halogenated alkanes) is 5. The van der Waals surface area contributed by atoms with Crippen molar-refractivity contribution in [1.29, 1.82) is 0 Å². The van der Waals surface area contributed by atoms with E-state index < -0.39 is 36.2 Å². The van der Waals surface area contributed by atoms with E-state index in [0.29, 0.717) is 6.42 Å². The summed E-state index contributed by atoms with van der Waals surface area (Å²) in [5.41, 5.74) is 9.91. The Hall–Kier alpha value is -1.22. The summed E-state index contributed by atoms with van der Waals surface area (Å²) in [5.74, 6) is -2.21. The molecule has 0 aromatic heterocycles. The van der Waals surface area contributed by atoms with Crippen LogP contribution in [-0.2, 0) is 14.3 Å². The lowest BCUT2D eigenvalue weighted by Gasteiger charge is -2.26. The molecular weight excluding hydrogens is 292 g/mol. The summed E-state index contributed by atoms with van der Waals surface area (Å²) in [7, 11) is 0. The van der Waals surface area contributed by atoms with Crippen LogP contribution >= 0.6 is 0 Å². The summed E-state index contributed by atoms with van der Waals surface area (Å²) in [5, 5.41) is 28.7. The molecule has 0 radical (unpaired) electrons. The van der Waals surface area contributed by atoms with Crippen molar-refractivity contribution in [3.05, 3.63) is 0 Å². The Morgan fingerprint density at radius 3 is 1.95 bits per heavy atom. The Kier molecular flexibility index (Phi) is 10.7. The second-order valence-electron chi connectivity index (χ2n) is 5.29. The quantitative estimate of drug-likeness (QED) is 0.268. The first kappa shape index (κ1) is 20.8. The van der Waals surface area contributed by atoms with Gasteiger partial charge in [0.05, 0.1) is 0 Å². The molecule has 0 fully saturated rings. The number of aliphatic hydroxyl groups is 3. The van der Waals surface area contributed by atoms with Gasteiger partial charge in [0.15, 0.2) is 12.2 Å². The van der Waals surface area contributed by atoms with Crippen LogP contribution in [0.5, 0.6) is 0 Å². The zero-order valence-corrected chi connectivity index (χ0v) is 13.0. The molecule has 130 valence electrons. The molecule has 8 nitrogen and oxygen atoms in total. The average Bonchev–Trinajstić information content (AvgIpc) is 2.47. The van der Waals surface area contributed by atoms with Gasteiger partial charge in [-0.3, -0.25) is 9.59 Å². The zero-order chi connectivity index (χ0) is 17.1. The molecule has 0 unspecified atom stereocenters. The van der Waals surface area contributed by atoms with E-state index in [1.54, 1.807) is 0 Å². The van der Waals surface area contributed by atoms with Gasteiger partial charge in [0.1, 0.15) is 12.2 Å². The first-order chi connectivity index (χ1) is 10.3. The predicted octanol–water partition coefficient (Wildman–Crippen LogP) is -1.21. The molecule has 0 aliphatic rings. The second-order valence-corrected chi connectivity index (χ2v) is 5.29. The number of rotatable bonds is 13. The summed E-state index contributed by atoms with van der Waals surface area (Å²) in [4.78, 5) is 22.0. The Balaban J connectivity index is 4.25. The highest BCUT2D eigenvalue weighted by molar-refractivity contribution is 5.81. The number of nitrogens with two attached hydrogens (primary N) is 2. The number of aliphatic hydroxyl groups excluding tert-OH is 3. The molecule has 0 saturated heterocycles. The van der Waals surface area contributed by atoms with Crippen LogP contribution in [0.2, 0.25) is 0 Å². The summed E-state index contributed by atoms with van der Waals surface area (Å²) in [6.07, 6.45) is -1.23. The van der Waals surface area contributed by atoms with Gasteiger partial charge >= 0.3 is 0 Å². The van der Waals surface area contributed by atoms with Crippen molar-refractivity contribution in [3.63, 3.8) is 0 Å². The predicted molar refractivity (Wildman–Crippen MR) is 79.5 cm³/mol. The van der Waals surface area contributed by atoms with Gasteiger partial charge in [-0.2, -0.15) is 0 Å². The van der Waals surface area contributed by atoms with Crippen molar-refractivity contribution < 1.29 is 29.6 Å². The average molecular weight is 320 g/mol. The molecule has 0 bridgehead atoms. The van der Waals surface area contributed by atoms with Crippen LogP contribution in [0.4, 0.5) is 0 Å². The Bertz CT molecular complexity index is 339. The molecule has 0 aliphatic heterocycles. The molecule has 0 rings (SSSR count). The smallest absolute Gasteiger partial charge is 0.249 e. The van der Waals surface area contributed by atoms with E-state index in [2.05, 4.69) is 6.92 Å². The van der Waals surface area contributed by atoms with E-state index in [0.717, 1.165) is 25.7 Å². The van der Waals surface area contributed by atoms with Crippen molar-refractivity contribution >= 4 is 11.8 Å². The highest BCUT2D eigenvalue weighted by atomic mass is 16.5. The van der Waals surface area contributed by atoms with Crippen molar-refractivity contribution in [2.75, 3.05) is 6.61 Å². The minimum atomic E-state index is -2.01. The molecule has 8 heteroatoms. The number of carbonyl (C=O) groups excluding carboxylic acids is 2. The van der Waals surface area contributed by atoms with Gasteiger partial charge in [-0.15, -0.1) is 0 Å².